The average Bonchev–Trinajstić information content (AvgIpc) is 2.33. The van der Waals surface area contributed by atoms with E-state index in [4.69, 9.17) is 4.74 Å². The van der Waals surface area contributed by atoms with Crippen LogP contribution >= 0.6 is 0 Å². The fourth-order valence-corrected chi connectivity index (χ4v) is 1.30. The Balaban J connectivity index is 2.67. The molecule has 0 aromatic heterocycles. The second-order valence-corrected chi connectivity index (χ2v) is 3.46. The van der Waals surface area contributed by atoms with Gasteiger partial charge in [0.05, 0.1) is 0 Å². The Bertz CT molecular complexity index is 385. The van der Waals surface area contributed by atoms with Gasteiger partial charge in [0.25, 0.3) is 0 Å². The fourth-order valence-electron chi connectivity index (χ4n) is 1.30. The van der Waals surface area contributed by atoms with Crippen molar-refractivity contribution < 1.29 is 22.9 Å². The van der Waals surface area contributed by atoms with Gasteiger partial charge in [0.1, 0.15) is 0 Å². The number of benzene rings is 1. The summed E-state index contributed by atoms with van der Waals surface area (Å²) < 4.78 is 46.1. The van der Waals surface area contributed by atoms with Crippen LogP contribution in [0.2, 0.25) is 0 Å². The van der Waals surface area contributed by atoms with Crippen molar-refractivity contribution in [2.24, 2.45) is 0 Å². The summed E-state index contributed by atoms with van der Waals surface area (Å²) in [6, 6.07) is 2.39. The van der Waals surface area contributed by atoms with Crippen molar-refractivity contribution in [3.8, 4) is 11.5 Å². The number of unbranched alkanes of at least 4 members (excludes halogenated alkanes) is 2. The first-order chi connectivity index (χ1) is 8.20. The van der Waals surface area contributed by atoms with E-state index in [0.717, 1.165) is 25.3 Å². The Morgan fingerprint density at radius 1 is 1.18 bits per heavy atom. The van der Waals surface area contributed by atoms with E-state index in [1.807, 2.05) is 6.92 Å². The summed E-state index contributed by atoms with van der Waals surface area (Å²) in [4.78, 5) is 0. The molecular weight excluding hydrogens is 229 g/mol. The van der Waals surface area contributed by atoms with E-state index in [-0.39, 0.29) is 13.1 Å². The Labute approximate surface area is 99.0 Å². The number of hydrogen-bond donors (Lipinski definition) is 0. The van der Waals surface area contributed by atoms with Gasteiger partial charge in [-0.05, 0) is 0 Å². The molecule has 0 aliphatic carbocycles. The zero-order chi connectivity index (χ0) is 12.7. The van der Waals surface area contributed by atoms with E-state index in [0.29, 0.717) is 6.61 Å². The van der Waals surface area contributed by atoms with Crippen molar-refractivity contribution in [3.63, 3.8) is 0 Å². The topological polar surface area (TPSA) is 35.5 Å². The number of hydrogen-bond acceptors (Lipinski definition) is 3. The molecule has 0 spiro atoms. The first-order valence-corrected chi connectivity index (χ1v) is 5.41. The summed E-state index contributed by atoms with van der Waals surface area (Å²) in [5.74, 6) is -2.97. The normalized spacial score (nSPS) is 9.82. The van der Waals surface area contributed by atoms with Crippen LogP contribution in [0.4, 0.5) is 8.78 Å². The molecule has 0 N–H and O–H groups in total. The molecule has 17 heavy (non-hydrogen) atoms. The average molecular weight is 242 g/mol. The maximum atomic E-state index is 13.4. The molecule has 0 unspecified atom stereocenters. The van der Waals surface area contributed by atoms with Gasteiger partial charge in [0, 0.05) is 0 Å². The molecule has 0 saturated carbocycles. The molecule has 0 aliphatic rings. The van der Waals surface area contributed by atoms with Crippen molar-refractivity contribution in [2.45, 2.75) is 26.2 Å². The number of rotatable bonds is 7. The molecule has 1 rings (SSSR count). The zero-order valence-electron chi connectivity index (χ0n) is 9.54. The van der Waals surface area contributed by atoms with Crippen LogP contribution in [0, 0.1) is 11.6 Å². The van der Waals surface area contributed by atoms with Gasteiger partial charge in [-0.2, -0.15) is 0 Å². The SMILES string of the molecule is CCCCCOc1ccc(OB=O)c(F)c1F. The third kappa shape index (κ3) is 3.80. The van der Waals surface area contributed by atoms with E-state index >= 15 is 0 Å². The number of ether oxygens (including phenoxy) is 1. The van der Waals surface area contributed by atoms with Crippen molar-refractivity contribution in [1.82, 2.24) is 0 Å². The van der Waals surface area contributed by atoms with Crippen LogP contribution in [0.5, 0.6) is 11.5 Å². The Kier molecular flexibility index (Phi) is 5.59. The van der Waals surface area contributed by atoms with Gasteiger partial charge in [-0.25, -0.2) is 0 Å². The zero-order valence-corrected chi connectivity index (χ0v) is 9.54. The molecule has 0 amide bonds. The van der Waals surface area contributed by atoms with Crippen molar-refractivity contribution >= 4 is 7.35 Å². The Morgan fingerprint density at radius 2 is 1.82 bits per heavy atom. The second-order valence-electron chi connectivity index (χ2n) is 3.46. The van der Waals surface area contributed by atoms with Crippen molar-refractivity contribution in [3.05, 3.63) is 23.8 Å². The third-order valence-corrected chi connectivity index (χ3v) is 2.19. The Hall–Kier alpha value is -1.46. The summed E-state index contributed by atoms with van der Waals surface area (Å²) >= 11 is 0. The predicted octanol–water partition coefficient (Wildman–Crippen LogP) is 2.88. The molecule has 3 nitrogen and oxygen atoms in total. The van der Waals surface area contributed by atoms with Gasteiger partial charge in [-0.1, -0.05) is 0 Å². The molecule has 1 aromatic rings. The van der Waals surface area contributed by atoms with E-state index in [9.17, 15) is 13.5 Å². The van der Waals surface area contributed by atoms with Crippen LogP contribution in [0.15, 0.2) is 12.1 Å². The first kappa shape index (κ1) is 13.6. The first-order valence-electron chi connectivity index (χ1n) is 5.41. The molecule has 0 fully saturated rings. The molecule has 0 aliphatic heterocycles. The van der Waals surface area contributed by atoms with Gasteiger partial charge < -0.3 is 0 Å². The molecule has 0 bridgehead atoms. The van der Waals surface area contributed by atoms with Crippen LogP contribution in [0.1, 0.15) is 26.2 Å². The van der Waals surface area contributed by atoms with Crippen molar-refractivity contribution in [1.29, 1.82) is 0 Å². The van der Waals surface area contributed by atoms with Gasteiger partial charge in [0.15, 0.2) is 0 Å². The summed E-state index contributed by atoms with van der Waals surface area (Å²) in [6.07, 6.45) is 2.77. The maximum absolute atomic E-state index is 13.4. The minimum atomic E-state index is -1.22. The quantitative estimate of drug-likeness (QED) is 0.544. The van der Waals surface area contributed by atoms with Crippen LogP contribution in [-0.2, 0) is 4.70 Å². The minimum absolute atomic E-state index is 0.0413. The molecule has 92 valence electrons. The molecule has 6 heteroatoms. The molecule has 1 aromatic carbocycles. The molecule has 0 radical (unpaired) electrons. The summed E-state index contributed by atoms with van der Waals surface area (Å²) in [5, 5.41) is 0. The number of halogens is 2. The van der Waals surface area contributed by atoms with Crippen LogP contribution in [-0.4, -0.2) is 14.0 Å². The van der Waals surface area contributed by atoms with Crippen LogP contribution in [0.25, 0.3) is 0 Å². The Morgan fingerprint density at radius 3 is 2.47 bits per heavy atom. The predicted molar refractivity (Wildman–Crippen MR) is 58.4 cm³/mol. The van der Waals surface area contributed by atoms with E-state index in [1.54, 1.807) is 0 Å². The summed E-state index contributed by atoms with van der Waals surface area (Å²) in [7, 11) is 0.0413. The molecular formula is C11H13BF2O3. The molecule has 0 heterocycles. The third-order valence-electron chi connectivity index (χ3n) is 2.19. The van der Waals surface area contributed by atoms with Crippen molar-refractivity contribution in [2.75, 3.05) is 6.61 Å². The van der Waals surface area contributed by atoms with Gasteiger partial charge in [0.2, 0.25) is 0 Å². The summed E-state index contributed by atoms with van der Waals surface area (Å²) in [5.41, 5.74) is 0. The van der Waals surface area contributed by atoms with E-state index < -0.39 is 17.4 Å². The molecule has 0 saturated heterocycles. The van der Waals surface area contributed by atoms with E-state index in [2.05, 4.69) is 4.65 Å². The van der Waals surface area contributed by atoms with E-state index in [1.165, 1.54) is 6.07 Å². The second kappa shape index (κ2) is 6.99. The van der Waals surface area contributed by atoms with Crippen LogP contribution in [0.3, 0.4) is 0 Å². The van der Waals surface area contributed by atoms with Gasteiger partial charge in [-0.3, -0.25) is 0 Å². The standard InChI is InChI=1S/C11H13BF2O3/c1-2-3-4-7-16-8-5-6-9(17-12-15)11(14)10(8)13/h5-6H,2-4,7H2,1H3. The van der Waals surface area contributed by atoms with Gasteiger partial charge >= 0.3 is 98.3 Å². The monoisotopic (exact) mass is 242 g/mol. The fraction of sp³-hybridized carbons (Fsp3) is 0.455. The molecule has 0 atom stereocenters. The van der Waals surface area contributed by atoms with Crippen LogP contribution < -0.4 is 9.39 Å². The summed E-state index contributed by atoms with van der Waals surface area (Å²) in [6.45, 7) is 2.36. The van der Waals surface area contributed by atoms with Gasteiger partial charge in [-0.15, -0.1) is 0 Å².